The molecule has 2 bridgehead atoms. The Morgan fingerprint density at radius 3 is 2.65 bits per heavy atom. The predicted octanol–water partition coefficient (Wildman–Crippen LogP) is 2.67. The van der Waals surface area contributed by atoms with Crippen molar-refractivity contribution in [3.63, 3.8) is 0 Å². The molecule has 1 fully saturated rings. The molecule has 0 heterocycles. The summed E-state index contributed by atoms with van der Waals surface area (Å²) in [7, 11) is 0. The van der Waals surface area contributed by atoms with E-state index in [2.05, 4.69) is 11.4 Å². The fraction of sp³-hybridized carbons (Fsp3) is 0.333. The molecule has 3 atom stereocenters. The number of carboxylic acid groups (broad SMARTS) is 1. The number of anilines is 1. The number of aromatic carboxylic acids is 1. The number of carbonyl (C=O) groups excluding carboxylic acids is 1. The van der Waals surface area contributed by atoms with Crippen LogP contribution in [0.3, 0.4) is 0 Å². The molecule has 1 aromatic rings. The largest absolute Gasteiger partial charge is 0.478 e. The van der Waals surface area contributed by atoms with E-state index in [9.17, 15) is 14.0 Å². The van der Waals surface area contributed by atoms with Gasteiger partial charge in [0.15, 0.2) is 0 Å². The summed E-state index contributed by atoms with van der Waals surface area (Å²) >= 11 is 0. The Labute approximate surface area is 115 Å². The molecule has 3 rings (SSSR count). The normalized spacial score (nSPS) is 26.8. The highest BCUT2D eigenvalue weighted by atomic mass is 19.1. The van der Waals surface area contributed by atoms with Gasteiger partial charge in [0, 0.05) is 5.92 Å². The number of amides is 1. The van der Waals surface area contributed by atoms with E-state index in [4.69, 9.17) is 5.11 Å². The van der Waals surface area contributed by atoms with Crippen LogP contribution < -0.4 is 5.32 Å². The van der Waals surface area contributed by atoms with Crippen molar-refractivity contribution in [1.29, 1.82) is 0 Å². The average Bonchev–Trinajstić information content (AvgIpc) is 3.03. The molecule has 0 radical (unpaired) electrons. The molecular weight excluding hydrogens is 261 g/mol. The maximum absolute atomic E-state index is 13.6. The van der Waals surface area contributed by atoms with Crippen LogP contribution in [-0.2, 0) is 4.79 Å². The van der Waals surface area contributed by atoms with Gasteiger partial charge in [-0.3, -0.25) is 4.79 Å². The Balaban J connectivity index is 1.77. The Bertz CT molecular complexity index is 611. The summed E-state index contributed by atoms with van der Waals surface area (Å²) in [6.45, 7) is 0. The van der Waals surface area contributed by atoms with E-state index >= 15 is 0 Å². The number of carboxylic acids is 1. The van der Waals surface area contributed by atoms with Gasteiger partial charge in [-0.2, -0.15) is 0 Å². The number of halogens is 1. The first-order valence-corrected chi connectivity index (χ1v) is 6.56. The zero-order valence-electron chi connectivity index (χ0n) is 10.7. The Kier molecular flexibility index (Phi) is 3.04. The Morgan fingerprint density at radius 2 is 2.05 bits per heavy atom. The summed E-state index contributed by atoms with van der Waals surface area (Å²) < 4.78 is 13.6. The third kappa shape index (κ3) is 2.19. The first-order chi connectivity index (χ1) is 9.54. The number of allylic oxidation sites excluding steroid dienone is 2. The van der Waals surface area contributed by atoms with E-state index in [1.807, 2.05) is 6.08 Å². The summed E-state index contributed by atoms with van der Waals surface area (Å²) in [6, 6.07) is 3.38. The summed E-state index contributed by atoms with van der Waals surface area (Å²) in [4.78, 5) is 23.0. The standard InChI is InChI=1S/C15H14FNO3/c16-12-4-3-10(15(19)20)7-13(12)17-14(18)11-6-8-1-2-9(11)5-8/h1-4,7-9,11H,5-6H2,(H,17,18)(H,19,20). The van der Waals surface area contributed by atoms with Crippen molar-refractivity contribution in [2.24, 2.45) is 17.8 Å². The van der Waals surface area contributed by atoms with Crippen LogP contribution in [0.4, 0.5) is 10.1 Å². The number of hydrogen-bond acceptors (Lipinski definition) is 2. The molecule has 1 aromatic carbocycles. The van der Waals surface area contributed by atoms with Crippen LogP contribution in [0.2, 0.25) is 0 Å². The zero-order chi connectivity index (χ0) is 14.3. The highest BCUT2D eigenvalue weighted by Crippen LogP contribution is 2.43. The Morgan fingerprint density at radius 1 is 1.25 bits per heavy atom. The van der Waals surface area contributed by atoms with Crippen LogP contribution in [0.1, 0.15) is 23.2 Å². The van der Waals surface area contributed by atoms with Crippen molar-refractivity contribution in [1.82, 2.24) is 0 Å². The molecule has 0 aliphatic heterocycles. The fourth-order valence-corrected chi connectivity index (χ4v) is 3.06. The van der Waals surface area contributed by atoms with Crippen LogP contribution in [0, 0.1) is 23.6 Å². The van der Waals surface area contributed by atoms with Gasteiger partial charge in [-0.05, 0) is 42.9 Å². The van der Waals surface area contributed by atoms with E-state index in [1.165, 1.54) is 6.07 Å². The van der Waals surface area contributed by atoms with Crippen molar-refractivity contribution in [2.45, 2.75) is 12.8 Å². The molecule has 0 spiro atoms. The summed E-state index contributed by atoms with van der Waals surface area (Å²) in [6.07, 6.45) is 5.94. The quantitative estimate of drug-likeness (QED) is 0.833. The average molecular weight is 275 g/mol. The van der Waals surface area contributed by atoms with E-state index in [-0.39, 0.29) is 29.0 Å². The van der Waals surface area contributed by atoms with Gasteiger partial charge >= 0.3 is 5.97 Å². The second-order valence-corrected chi connectivity index (χ2v) is 5.38. The summed E-state index contributed by atoms with van der Waals surface area (Å²) in [5.74, 6) is -1.47. The molecule has 0 saturated heterocycles. The Hall–Kier alpha value is -2.17. The highest BCUT2D eigenvalue weighted by molar-refractivity contribution is 5.95. The van der Waals surface area contributed by atoms with Crippen LogP contribution >= 0.6 is 0 Å². The van der Waals surface area contributed by atoms with E-state index in [1.54, 1.807) is 0 Å². The molecule has 2 N–H and O–H groups in total. The van der Waals surface area contributed by atoms with Gasteiger partial charge in [-0.25, -0.2) is 9.18 Å². The second kappa shape index (κ2) is 4.74. The lowest BCUT2D eigenvalue weighted by Crippen LogP contribution is -2.26. The number of nitrogens with one attached hydrogen (secondary N) is 1. The maximum atomic E-state index is 13.6. The van der Waals surface area contributed by atoms with Gasteiger partial charge in [0.1, 0.15) is 5.82 Å². The third-order valence-corrected chi connectivity index (χ3v) is 4.09. The minimum atomic E-state index is -1.15. The van der Waals surface area contributed by atoms with Crippen molar-refractivity contribution in [3.8, 4) is 0 Å². The first-order valence-electron chi connectivity index (χ1n) is 6.56. The van der Waals surface area contributed by atoms with Gasteiger partial charge in [0.05, 0.1) is 11.3 Å². The fourth-order valence-electron chi connectivity index (χ4n) is 3.06. The minimum Gasteiger partial charge on any atom is -0.478 e. The van der Waals surface area contributed by atoms with Gasteiger partial charge in [0.2, 0.25) is 5.91 Å². The van der Waals surface area contributed by atoms with Crippen LogP contribution in [0.15, 0.2) is 30.4 Å². The number of benzene rings is 1. The highest BCUT2D eigenvalue weighted by Gasteiger charge is 2.39. The van der Waals surface area contributed by atoms with Crippen molar-refractivity contribution in [2.75, 3.05) is 5.32 Å². The van der Waals surface area contributed by atoms with Crippen molar-refractivity contribution < 1.29 is 19.1 Å². The summed E-state index contributed by atoms with van der Waals surface area (Å²) in [5, 5.41) is 11.4. The molecule has 2 aliphatic carbocycles. The van der Waals surface area contributed by atoms with Crippen molar-refractivity contribution >= 4 is 17.6 Å². The monoisotopic (exact) mass is 275 g/mol. The SMILES string of the molecule is O=C(O)c1ccc(F)c(NC(=O)C2CC3C=CC2C3)c1. The van der Waals surface area contributed by atoms with Gasteiger partial charge in [-0.1, -0.05) is 12.2 Å². The topological polar surface area (TPSA) is 66.4 Å². The zero-order valence-corrected chi connectivity index (χ0v) is 10.7. The first kappa shape index (κ1) is 12.8. The number of carbonyl (C=O) groups is 2. The van der Waals surface area contributed by atoms with Crippen LogP contribution in [0.5, 0.6) is 0 Å². The summed E-state index contributed by atoms with van der Waals surface area (Å²) in [5.41, 5.74) is -0.115. The predicted molar refractivity (Wildman–Crippen MR) is 70.8 cm³/mol. The molecule has 4 nitrogen and oxygen atoms in total. The van der Waals surface area contributed by atoms with Crippen molar-refractivity contribution in [3.05, 3.63) is 41.7 Å². The lowest BCUT2D eigenvalue weighted by molar-refractivity contribution is -0.120. The minimum absolute atomic E-state index is 0.0467. The number of fused-ring (bicyclic) bond motifs is 2. The molecule has 5 heteroatoms. The number of rotatable bonds is 3. The second-order valence-electron chi connectivity index (χ2n) is 5.38. The molecular formula is C15H14FNO3. The molecule has 0 aromatic heterocycles. The molecule has 1 amide bonds. The smallest absolute Gasteiger partial charge is 0.335 e. The third-order valence-electron chi connectivity index (χ3n) is 4.09. The van der Waals surface area contributed by atoms with E-state index < -0.39 is 11.8 Å². The number of hydrogen-bond donors (Lipinski definition) is 2. The van der Waals surface area contributed by atoms with Gasteiger partial charge in [-0.15, -0.1) is 0 Å². The molecule has 20 heavy (non-hydrogen) atoms. The van der Waals surface area contributed by atoms with Crippen LogP contribution in [0.25, 0.3) is 0 Å². The van der Waals surface area contributed by atoms with Crippen LogP contribution in [-0.4, -0.2) is 17.0 Å². The van der Waals surface area contributed by atoms with Gasteiger partial charge in [0.25, 0.3) is 0 Å². The van der Waals surface area contributed by atoms with E-state index in [0.29, 0.717) is 5.92 Å². The van der Waals surface area contributed by atoms with Gasteiger partial charge < -0.3 is 10.4 Å². The molecule has 2 aliphatic rings. The lowest BCUT2D eigenvalue weighted by atomic mass is 9.93. The molecule has 3 unspecified atom stereocenters. The molecule has 1 saturated carbocycles. The lowest BCUT2D eigenvalue weighted by Gasteiger charge is -2.18. The molecule has 104 valence electrons. The maximum Gasteiger partial charge on any atom is 0.335 e. The van der Waals surface area contributed by atoms with E-state index in [0.717, 1.165) is 25.0 Å².